The summed E-state index contributed by atoms with van der Waals surface area (Å²) in [6.45, 7) is 5.09. The van der Waals surface area contributed by atoms with Crippen LogP contribution in [-0.2, 0) is 0 Å². The standard InChI is InChI=1S/C18H29NO/c1-4-14-7-6-8-16(13-14)18(19-3)15-9-11-17(12-10-15)20-5-2/h9-12,14,16,18-19H,4-8,13H2,1-3H3. The average molecular weight is 275 g/mol. The highest BCUT2D eigenvalue weighted by atomic mass is 16.5. The van der Waals surface area contributed by atoms with Crippen molar-refractivity contribution in [3.05, 3.63) is 29.8 Å². The van der Waals surface area contributed by atoms with E-state index in [4.69, 9.17) is 4.74 Å². The number of hydrogen-bond acceptors (Lipinski definition) is 2. The molecule has 0 spiro atoms. The van der Waals surface area contributed by atoms with Crippen molar-refractivity contribution in [2.75, 3.05) is 13.7 Å². The lowest BCUT2D eigenvalue weighted by molar-refractivity contribution is 0.214. The topological polar surface area (TPSA) is 21.3 Å². The Morgan fingerprint density at radius 1 is 1.20 bits per heavy atom. The normalized spacial score (nSPS) is 24.4. The van der Waals surface area contributed by atoms with Crippen LogP contribution in [0.25, 0.3) is 0 Å². The van der Waals surface area contributed by atoms with Gasteiger partial charge in [0.05, 0.1) is 6.61 Å². The van der Waals surface area contributed by atoms with Gasteiger partial charge < -0.3 is 10.1 Å². The molecule has 3 atom stereocenters. The van der Waals surface area contributed by atoms with E-state index in [1.165, 1.54) is 37.7 Å². The highest BCUT2D eigenvalue weighted by Crippen LogP contribution is 2.38. The van der Waals surface area contributed by atoms with Crippen LogP contribution in [0.2, 0.25) is 0 Å². The highest BCUT2D eigenvalue weighted by Gasteiger charge is 2.27. The van der Waals surface area contributed by atoms with E-state index in [1.54, 1.807) is 0 Å². The Balaban J connectivity index is 2.06. The molecule has 1 fully saturated rings. The van der Waals surface area contributed by atoms with Gasteiger partial charge in [0.1, 0.15) is 5.75 Å². The molecule has 0 aromatic heterocycles. The molecule has 0 saturated heterocycles. The van der Waals surface area contributed by atoms with Crippen molar-refractivity contribution in [2.45, 2.75) is 52.0 Å². The molecule has 1 saturated carbocycles. The number of hydrogen-bond donors (Lipinski definition) is 1. The Morgan fingerprint density at radius 3 is 2.55 bits per heavy atom. The molecule has 1 N–H and O–H groups in total. The first-order chi connectivity index (χ1) is 9.78. The van der Waals surface area contributed by atoms with Gasteiger partial charge in [-0.05, 0) is 56.3 Å². The van der Waals surface area contributed by atoms with E-state index in [2.05, 4.69) is 43.6 Å². The van der Waals surface area contributed by atoms with Crippen molar-refractivity contribution in [1.29, 1.82) is 0 Å². The van der Waals surface area contributed by atoms with E-state index < -0.39 is 0 Å². The second kappa shape index (κ2) is 7.68. The number of ether oxygens (including phenoxy) is 1. The van der Waals surface area contributed by atoms with Gasteiger partial charge in [-0.25, -0.2) is 0 Å². The Bertz CT molecular complexity index is 387. The lowest BCUT2D eigenvalue weighted by Gasteiger charge is -2.34. The summed E-state index contributed by atoms with van der Waals surface area (Å²) in [6.07, 6.45) is 6.87. The molecule has 2 heteroatoms. The number of nitrogens with one attached hydrogen (secondary N) is 1. The Morgan fingerprint density at radius 2 is 1.95 bits per heavy atom. The van der Waals surface area contributed by atoms with Crippen molar-refractivity contribution in [1.82, 2.24) is 5.32 Å². The largest absolute Gasteiger partial charge is 0.494 e. The predicted octanol–water partition coefficient (Wildman–Crippen LogP) is 4.56. The molecule has 1 aliphatic rings. The third-order valence-corrected chi connectivity index (χ3v) is 4.73. The molecule has 1 aliphatic carbocycles. The second-order valence-electron chi connectivity index (χ2n) is 5.97. The minimum Gasteiger partial charge on any atom is -0.494 e. The zero-order chi connectivity index (χ0) is 14.4. The SMILES string of the molecule is CCOc1ccc(C(NC)C2CCCC(CC)C2)cc1. The van der Waals surface area contributed by atoms with E-state index in [1.807, 2.05) is 6.92 Å². The zero-order valence-corrected chi connectivity index (χ0v) is 13.2. The van der Waals surface area contributed by atoms with Crippen molar-refractivity contribution in [2.24, 2.45) is 11.8 Å². The minimum absolute atomic E-state index is 0.486. The highest BCUT2D eigenvalue weighted by molar-refractivity contribution is 5.29. The second-order valence-corrected chi connectivity index (χ2v) is 5.97. The molecule has 112 valence electrons. The molecule has 0 aliphatic heterocycles. The zero-order valence-electron chi connectivity index (χ0n) is 13.2. The van der Waals surface area contributed by atoms with Gasteiger partial charge in [-0.15, -0.1) is 0 Å². The molecule has 0 heterocycles. The molecule has 0 bridgehead atoms. The fourth-order valence-electron chi connectivity index (χ4n) is 3.62. The molecule has 2 rings (SSSR count). The molecular weight excluding hydrogens is 246 g/mol. The molecule has 1 aromatic carbocycles. The lowest BCUT2D eigenvalue weighted by Crippen LogP contribution is -2.29. The first kappa shape index (κ1) is 15.4. The van der Waals surface area contributed by atoms with Crippen molar-refractivity contribution in [3.8, 4) is 5.75 Å². The van der Waals surface area contributed by atoms with Crippen LogP contribution in [0, 0.1) is 11.8 Å². The van der Waals surface area contributed by atoms with Crippen LogP contribution in [0.5, 0.6) is 5.75 Å². The van der Waals surface area contributed by atoms with Crippen LogP contribution in [-0.4, -0.2) is 13.7 Å². The maximum absolute atomic E-state index is 5.53. The van der Waals surface area contributed by atoms with Crippen LogP contribution in [0.1, 0.15) is 57.6 Å². The minimum atomic E-state index is 0.486. The summed E-state index contributed by atoms with van der Waals surface area (Å²) >= 11 is 0. The summed E-state index contributed by atoms with van der Waals surface area (Å²) < 4.78 is 5.53. The molecule has 20 heavy (non-hydrogen) atoms. The van der Waals surface area contributed by atoms with Crippen LogP contribution >= 0.6 is 0 Å². The number of rotatable bonds is 6. The number of benzene rings is 1. The average Bonchev–Trinajstić information content (AvgIpc) is 2.50. The predicted molar refractivity (Wildman–Crippen MR) is 85.2 cm³/mol. The van der Waals surface area contributed by atoms with Gasteiger partial charge in [0.15, 0.2) is 0 Å². The summed E-state index contributed by atoms with van der Waals surface area (Å²) in [6, 6.07) is 9.13. The van der Waals surface area contributed by atoms with Crippen LogP contribution < -0.4 is 10.1 Å². The fourth-order valence-corrected chi connectivity index (χ4v) is 3.62. The molecular formula is C18H29NO. The Hall–Kier alpha value is -1.02. The van der Waals surface area contributed by atoms with Crippen molar-refractivity contribution >= 4 is 0 Å². The lowest BCUT2D eigenvalue weighted by atomic mass is 9.75. The fraction of sp³-hybridized carbons (Fsp3) is 0.667. The maximum atomic E-state index is 5.53. The van der Waals surface area contributed by atoms with E-state index in [0.29, 0.717) is 6.04 Å². The van der Waals surface area contributed by atoms with Crippen LogP contribution in [0.15, 0.2) is 24.3 Å². The van der Waals surface area contributed by atoms with Gasteiger partial charge >= 0.3 is 0 Å². The summed E-state index contributed by atoms with van der Waals surface area (Å²) in [5, 5.41) is 3.54. The molecule has 0 amide bonds. The van der Waals surface area contributed by atoms with Gasteiger partial charge in [-0.1, -0.05) is 38.3 Å². The Kier molecular flexibility index (Phi) is 5.90. The molecule has 3 unspecified atom stereocenters. The molecule has 1 aromatic rings. The van der Waals surface area contributed by atoms with Crippen molar-refractivity contribution in [3.63, 3.8) is 0 Å². The van der Waals surface area contributed by atoms with Gasteiger partial charge in [0, 0.05) is 6.04 Å². The Labute approximate surface area is 123 Å². The van der Waals surface area contributed by atoms with Gasteiger partial charge in [-0.2, -0.15) is 0 Å². The van der Waals surface area contributed by atoms with E-state index in [-0.39, 0.29) is 0 Å². The van der Waals surface area contributed by atoms with Crippen LogP contribution in [0.3, 0.4) is 0 Å². The van der Waals surface area contributed by atoms with E-state index >= 15 is 0 Å². The smallest absolute Gasteiger partial charge is 0.119 e. The first-order valence-electron chi connectivity index (χ1n) is 8.18. The van der Waals surface area contributed by atoms with Gasteiger partial charge in [-0.3, -0.25) is 0 Å². The summed E-state index contributed by atoms with van der Waals surface area (Å²) in [4.78, 5) is 0. The van der Waals surface area contributed by atoms with Gasteiger partial charge in [0.25, 0.3) is 0 Å². The molecule has 2 nitrogen and oxygen atoms in total. The van der Waals surface area contributed by atoms with Crippen molar-refractivity contribution < 1.29 is 4.74 Å². The monoisotopic (exact) mass is 275 g/mol. The van der Waals surface area contributed by atoms with Gasteiger partial charge in [0.2, 0.25) is 0 Å². The summed E-state index contributed by atoms with van der Waals surface area (Å²) in [5.41, 5.74) is 1.40. The summed E-state index contributed by atoms with van der Waals surface area (Å²) in [5.74, 6) is 2.67. The maximum Gasteiger partial charge on any atom is 0.119 e. The summed E-state index contributed by atoms with van der Waals surface area (Å²) in [7, 11) is 2.09. The third kappa shape index (κ3) is 3.76. The van der Waals surface area contributed by atoms with Crippen LogP contribution in [0.4, 0.5) is 0 Å². The third-order valence-electron chi connectivity index (χ3n) is 4.73. The first-order valence-corrected chi connectivity index (χ1v) is 8.18. The quantitative estimate of drug-likeness (QED) is 0.821. The molecule has 0 radical (unpaired) electrons. The van der Waals surface area contributed by atoms with E-state index in [9.17, 15) is 0 Å². The van der Waals surface area contributed by atoms with E-state index in [0.717, 1.165) is 24.2 Å².